The number of rotatable bonds is 4. The Bertz CT molecular complexity index is 768. The van der Waals surface area contributed by atoms with Crippen molar-refractivity contribution in [3.05, 3.63) is 64.5 Å². The van der Waals surface area contributed by atoms with Crippen LogP contribution in [0.5, 0.6) is 0 Å². The smallest absolute Gasteiger partial charge is 0.267 e. The van der Waals surface area contributed by atoms with E-state index in [0.717, 1.165) is 0 Å². The number of hydrogen-bond donors (Lipinski definition) is 2. The molecule has 2 N–H and O–H groups in total. The number of pyridine rings is 1. The van der Waals surface area contributed by atoms with Crippen LogP contribution >= 0.6 is 23.2 Å². The molecule has 0 saturated carbocycles. The third-order valence-electron chi connectivity index (χ3n) is 2.58. The van der Waals surface area contributed by atoms with Crippen molar-refractivity contribution < 1.29 is 4.79 Å². The lowest BCUT2D eigenvalue weighted by Crippen LogP contribution is -2.14. The van der Waals surface area contributed by atoms with Gasteiger partial charge in [-0.2, -0.15) is 5.26 Å². The lowest BCUT2D eigenvalue weighted by Gasteiger charge is -2.06. The maximum atomic E-state index is 12.0. The highest BCUT2D eigenvalue weighted by Gasteiger charge is 2.10. The summed E-state index contributed by atoms with van der Waals surface area (Å²) in [4.78, 5) is 15.9. The molecule has 1 heterocycles. The van der Waals surface area contributed by atoms with Crippen LogP contribution in [0.1, 0.15) is 0 Å². The van der Waals surface area contributed by atoms with Crippen molar-refractivity contribution >= 4 is 40.5 Å². The first-order chi connectivity index (χ1) is 10.6. The zero-order valence-electron chi connectivity index (χ0n) is 11.2. The van der Waals surface area contributed by atoms with Crippen molar-refractivity contribution in [3.63, 3.8) is 0 Å². The quantitative estimate of drug-likeness (QED) is 0.506. The van der Waals surface area contributed by atoms with Gasteiger partial charge in [0.1, 0.15) is 11.6 Å². The lowest BCUT2D eigenvalue weighted by molar-refractivity contribution is -0.112. The number of nitriles is 1. The number of carbonyl (C=O) groups excluding carboxylic acids is 1. The molecule has 1 amide bonds. The van der Waals surface area contributed by atoms with Crippen LogP contribution in [0.2, 0.25) is 10.2 Å². The van der Waals surface area contributed by atoms with Crippen molar-refractivity contribution in [2.24, 2.45) is 0 Å². The summed E-state index contributed by atoms with van der Waals surface area (Å²) in [6, 6.07) is 11.8. The molecule has 0 aliphatic carbocycles. The van der Waals surface area contributed by atoms with Crippen LogP contribution < -0.4 is 10.6 Å². The predicted molar refractivity (Wildman–Crippen MR) is 86.6 cm³/mol. The topological polar surface area (TPSA) is 77.8 Å². The van der Waals surface area contributed by atoms with Gasteiger partial charge in [0.05, 0.1) is 5.69 Å². The van der Waals surface area contributed by atoms with Gasteiger partial charge in [-0.05, 0) is 30.3 Å². The molecule has 0 saturated heterocycles. The minimum atomic E-state index is -0.558. The Morgan fingerprint density at radius 1 is 1.27 bits per heavy atom. The first-order valence-electron chi connectivity index (χ1n) is 6.14. The van der Waals surface area contributed by atoms with Gasteiger partial charge in [-0.1, -0.05) is 29.3 Å². The Labute approximate surface area is 137 Å². The van der Waals surface area contributed by atoms with Crippen molar-refractivity contribution in [2.75, 3.05) is 10.6 Å². The third-order valence-corrected chi connectivity index (χ3v) is 3.11. The van der Waals surface area contributed by atoms with Crippen LogP contribution in [0.4, 0.5) is 11.4 Å². The summed E-state index contributed by atoms with van der Waals surface area (Å²) < 4.78 is 0. The Hall–Kier alpha value is -2.55. The highest BCUT2D eigenvalue weighted by Crippen LogP contribution is 2.18. The minimum absolute atomic E-state index is 0.111. The number of carbonyl (C=O) groups is 1. The molecule has 0 fully saturated rings. The second-order valence-corrected chi connectivity index (χ2v) is 4.91. The molecule has 110 valence electrons. The van der Waals surface area contributed by atoms with E-state index < -0.39 is 5.91 Å². The van der Waals surface area contributed by atoms with E-state index in [1.165, 1.54) is 12.4 Å². The van der Waals surface area contributed by atoms with E-state index in [-0.39, 0.29) is 10.7 Å². The Kier molecular flexibility index (Phi) is 5.37. The number of aromatic nitrogens is 1. The van der Waals surface area contributed by atoms with Gasteiger partial charge >= 0.3 is 0 Å². The lowest BCUT2D eigenvalue weighted by atomic mass is 10.2. The fourth-order valence-electron chi connectivity index (χ4n) is 1.56. The fourth-order valence-corrected chi connectivity index (χ4v) is 1.92. The average molecular weight is 333 g/mol. The van der Waals surface area contributed by atoms with E-state index >= 15 is 0 Å². The van der Waals surface area contributed by atoms with Crippen LogP contribution in [0, 0.1) is 11.3 Å². The van der Waals surface area contributed by atoms with Crippen molar-refractivity contribution in [1.82, 2.24) is 4.98 Å². The Morgan fingerprint density at radius 2 is 2.09 bits per heavy atom. The molecule has 0 bridgehead atoms. The molecule has 0 atom stereocenters. The second-order valence-electron chi connectivity index (χ2n) is 4.12. The van der Waals surface area contributed by atoms with E-state index in [1.807, 2.05) is 6.07 Å². The van der Waals surface area contributed by atoms with Gasteiger partial charge in [0.25, 0.3) is 5.91 Å². The Morgan fingerprint density at radius 3 is 2.77 bits per heavy atom. The van der Waals surface area contributed by atoms with Crippen LogP contribution in [0.3, 0.4) is 0 Å². The van der Waals surface area contributed by atoms with E-state index in [0.29, 0.717) is 16.4 Å². The zero-order chi connectivity index (χ0) is 15.9. The summed E-state index contributed by atoms with van der Waals surface area (Å²) >= 11 is 11.7. The number of amides is 1. The molecule has 22 heavy (non-hydrogen) atoms. The number of anilines is 2. The molecular weight excluding hydrogens is 323 g/mol. The highest BCUT2D eigenvalue weighted by atomic mass is 35.5. The molecule has 1 aromatic carbocycles. The number of nitrogens with one attached hydrogen (secondary N) is 2. The summed E-state index contributed by atoms with van der Waals surface area (Å²) in [6.07, 6.45) is 2.80. The van der Waals surface area contributed by atoms with Gasteiger partial charge in [-0.3, -0.25) is 4.79 Å². The molecule has 0 aliphatic heterocycles. The highest BCUT2D eigenvalue weighted by molar-refractivity contribution is 6.32. The van der Waals surface area contributed by atoms with Gasteiger partial charge in [-0.15, -0.1) is 0 Å². The summed E-state index contributed by atoms with van der Waals surface area (Å²) in [5, 5.41) is 15.2. The molecule has 0 aliphatic rings. The van der Waals surface area contributed by atoms with Gasteiger partial charge in [-0.25, -0.2) is 4.98 Å². The Balaban J connectivity index is 2.11. The summed E-state index contributed by atoms with van der Waals surface area (Å²) in [5.74, 6) is -0.558. The van der Waals surface area contributed by atoms with E-state index in [1.54, 1.807) is 36.4 Å². The fraction of sp³-hybridized carbons (Fsp3) is 0. The number of benzene rings is 1. The van der Waals surface area contributed by atoms with Gasteiger partial charge in [0.15, 0.2) is 5.15 Å². The number of hydrogen-bond acceptors (Lipinski definition) is 4. The maximum Gasteiger partial charge on any atom is 0.267 e. The van der Waals surface area contributed by atoms with E-state index in [9.17, 15) is 4.79 Å². The molecule has 0 unspecified atom stereocenters. The largest absolute Gasteiger partial charge is 0.358 e. The van der Waals surface area contributed by atoms with Crippen molar-refractivity contribution in [3.8, 4) is 6.07 Å². The molecule has 7 heteroatoms. The van der Waals surface area contributed by atoms with Gasteiger partial charge in [0, 0.05) is 23.1 Å². The number of nitrogens with zero attached hydrogens (tertiary/aromatic N) is 2. The first-order valence-corrected chi connectivity index (χ1v) is 6.90. The monoisotopic (exact) mass is 332 g/mol. The maximum absolute atomic E-state index is 12.0. The molecule has 5 nitrogen and oxygen atoms in total. The molecule has 1 aromatic heterocycles. The molecule has 2 aromatic rings. The third kappa shape index (κ3) is 4.22. The average Bonchev–Trinajstić information content (AvgIpc) is 2.49. The zero-order valence-corrected chi connectivity index (χ0v) is 12.7. The van der Waals surface area contributed by atoms with E-state index in [2.05, 4.69) is 15.6 Å². The van der Waals surface area contributed by atoms with Crippen LogP contribution in [-0.4, -0.2) is 10.9 Å². The molecule has 0 spiro atoms. The van der Waals surface area contributed by atoms with Crippen molar-refractivity contribution in [2.45, 2.75) is 0 Å². The second kappa shape index (κ2) is 7.46. The van der Waals surface area contributed by atoms with Gasteiger partial charge in [0.2, 0.25) is 0 Å². The van der Waals surface area contributed by atoms with Crippen molar-refractivity contribution in [1.29, 1.82) is 5.26 Å². The predicted octanol–water partition coefficient (Wildman–Crippen LogP) is 3.85. The summed E-state index contributed by atoms with van der Waals surface area (Å²) in [7, 11) is 0. The first kappa shape index (κ1) is 15.8. The number of halogens is 2. The van der Waals surface area contributed by atoms with E-state index in [4.69, 9.17) is 28.5 Å². The molecule has 2 rings (SSSR count). The molecular formula is C15H10Cl2N4O. The SMILES string of the molecule is N#C/C(=C/Nc1cccnc1Cl)C(=O)Nc1cccc(Cl)c1. The van der Waals surface area contributed by atoms with Gasteiger partial charge < -0.3 is 10.6 Å². The summed E-state index contributed by atoms with van der Waals surface area (Å²) in [6.45, 7) is 0. The van der Waals surface area contributed by atoms with Crippen LogP contribution in [0.25, 0.3) is 0 Å². The molecule has 0 radical (unpaired) electrons. The summed E-state index contributed by atoms with van der Waals surface area (Å²) in [5.41, 5.74) is 0.880. The minimum Gasteiger partial charge on any atom is -0.358 e. The standard InChI is InChI=1S/C15H10Cl2N4O/c16-11-3-1-4-12(7-11)21-15(22)10(8-18)9-20-13-5-2-6-19-14(13)17/h1-7,9,20H,(H,21,22)/b10-9-. The van der Waals surface area contributed by atoms with Crippen LogP contribution in [0.15, 0.2) is 54.4 Å². The van der Waals surface area contributed by atoms with Crippen LogP contribution in [-0.2, 0) is 4.79 Å². The normalized spacial score (nSPS) is 10.7.